The lowest BCUT2D eigenvalue weighted by Gasteiger charge is -2.35. The zero-order chi connectivity index (χ0) is 14.5. The van der Waals surface area contributed by atoms with E-state index in [1.807, 2.05) is 0 Å². The van der Waals surface area contributed by atoms with Crippen LogP contribution in [0.4, 0.5) is 4.79 Å². The van der Waals surface area contributed by atoms with E-state index >= 15 is 0 Å². The van der Waals surface area contributed by atoms with Crippen molar-refractivity contribution in [1.82, 2.24) is 10.2 Å². The minimum Gasteiger partial charge on any atom is -0.481 e. The molecule has 2 amide bonds. The highest BCUT2D eigenvalue weighted by Crippen LogP contribution is 2.23. The Morgan fingerprint density at radius 1 is 1.45 bits per heavy atom. The Bertz CT molecular complexity index is 366. The van der Waals surface area contributed by atoms with Crippen molar-refractivity contribution in [2.45, 2.75) is 43.9 Å². The van der Waals surface area contributed by atoms with Crippen molar-refractivity contribution in [3.63, 3.8) is 0 Å². The standard InChI is InChI=1S/C13H22N2O4S/c1-19-11-4-2-3-10(11)14-13(18)15-5-6-20-8-9(15)7-12(16)17/h9-11H,2-8H2,1H3,(H,14,18)(H,16,17). The highest BCUT2D eigenvalue weighted by molar-refractivity contribution is 7.99. The lowest BCUT2D eigenvalue weighted by atomic mass is 10.2. The summed E-state index contributed by atoms with van der Waals surface area (Å²) in [6.45, 7) is 0.610. The topological polar surface area (TPSA) is 78.9 Å². The lowest BCUT2D eigenvalue weighted by molar-refractivity contribution is -0.138. The molecule has 2 N–H and O–H groups in total. The number of hydrogen-bond acceptors (Lipinski definition) is 4. The van der Waals surface area contributed by atoms with E-state index in [9.17, 15) is 9.59 Å². The van der Waals surface area contributed by atoms with Crippen LogP contribution in [0, 0.1) is 0 Å². The molecule has 1 heterocycles. The Morgan fingerprint density at radius 2 is 2.25 bits per heavy atom. The van der Waals surface area contributed by atoms with Crippen molar-refractivity contribution in [3.05, 3.63) is 0 Å². The number of thioether (sulfide) groups is 1. The van der Waals surface area contributed by atoms with E-state index < -0.39 is 5.97 Å². The average Bonchev–Trinajstić information content (AvgIpc) is 2.85. The van der Waals surface area contributed by atoms with E-state index in [0.717, 1.165) is 25.0 Å². The van der Waals surface area contributed by atoms with Gasteiger partial charge in [-0.25, -0.2) is 4.79 Å². The van der Waals surface area contributed by atoms with Gasteiger partial charge < -0.3 is 20.1 Å². The largest absolute Gasteiger partial charge is 0.481 e. The van der Waals surface area contributed by atoms with Crippen LogP contribution in [0.2, 0.25) is 0 Å². The third-order valence-electron chi connectivity index (χ3n) is 3.96. The summed E-state index contributed by atoms with van der Waals surface area (Å²) in [4.78, 5) is 24.9. The molecule has 1 aliphatic heterocycles. The van der Waals surface area contributed by atoms with Crippen LogP contribution in [0.25, 0.3) is 0 Å². The summed E-state index contributed by atoms with van der Waals surface area (Å²) in [7, 11) is 1.67. The maximum absolute atomic E-state index is 12.4. The Labute approximate surface area is 123 Å². The highest BCUT2D eigenvalue weighted by atomic mass is 32.2. The van der Waals surface area contributed by atoms with E-state index in [1.165, 1.54) is 0 Å². The van der Waals surface area contributed by atoms with Crippen LogP contribution in [0.3, 0.4) is 0 Å². The number of aliphatic carboxylic acids is 1. The number of carbonyl (C=O) groups excluding carboxylic acids is 1. The minimum absolute atomic E-state index is 0.0127. The maximum Gasteiger partial charge on any atom is 0.318 e. The normalized spacial score (nSPS) is 30.2. The number of rotatable bonds is 4. The molecule has 2 fully saturated rings. The van der Waals surface area contributed by atoms with Crippen LogP contribution in [0.5, 0.6) is 0 Å². The molecule has 7 heteroatoms. The molecule has 3 atom stereocenters. The average molecular weight is 302 g/mol. The van der Waals surface area contributed by atoms with E-state index in [-0.39, 0.29) is 30.6 Å². The van der Waals surface area contributed by atoms with Gasteiger partial charge in [-0.15, -0.1) is 0 Å². The second-order valence-electron chi connectivity index (χ2n) is 5.28. The molecule has 0 aromatic rings. The van der Waals surface area contributed by atoms with Crippen LogP contribution in [0.1, 0.15) is 25.7 Å². The van der Waals surface area contributed by atoms with Crippen LogP contribution in [-0.4, -0.2) is 65.4 Å². The van der Waals surface area contributed by atoms with Gasteiger partial charge in [0.05, 0.1) is 24.6 Å². The Balaban J connectivity index is 1.93. The van der Waals surface area contributed by atoms with Crippen LogP contribution >= 0.6 is 11.8 Å². The van der Waals surface area contributed by atoms with Crippen molar-refractivity contribution in [3.8, 4) is 0 Å². The van der Waals surface area contributed by atoms with Crippen molar-refractivity contribution in [2.75, 3.05) is 25.2 Å². The van der Waals surface area contributed by atoms with Gasteiger partial charge in [0.15, 0.2) is 0 Å². The number of ether oxygens (including phenoxy) is 1. The molecule has 2 aliphatic rings. The molecule has 0 aromatic heterocycles. The number of methoxy groups -OCH3 is 1. The van der Waals surface area contributed by atoms with Gasteiger partial charge in [0.1, 0.15) is 0 Å². The molecule has 6 nitrogen and oxygen atoms in total. The van der Waals surface area contributed by atoms with Gasteiger partial charge in [-0.1, -0.05) is 0 Å². The van der Waals surface area contributed by atoms with Gasteiger partial charge in [0.25, 0.3) is 0 Å². The third kappa shape index (κ3) is 3.79. The molecule has 20 heavy (non-hydrogen) atoms. The van der Waals surface area contributed by atoms with Gasteiger partial charge in [-0.3, -0.25) is 4.79 Å². The number of nitrogens with one attached hydrogen (secondary N) is 1. The van der Waals surface area contributed by atoms with Gasteiger partial charge in [0, 0.05) is 25.2 Å². The molecule has 0 radical (unpaired) electrons. The molecule has 2 rings (SSSR count). The summed E-state index contributed by atoms with van der Waals surface area (Å²) in [5, 5.41) is 12.0. The van der Waals surface area contributed by atoms with Crippen molar-refractivity contribution in [2.24, 2.45) is 0 Å². The molecular formula is C13H22N2O4S. The SMILES string of the molecule is COC1CCCC1NC(=O)N1CCSCC1CC(=O)O. The predicted octanol–water partition coefficient (Wildman–Crippen LogP) is 1.16. The second kappa shape index (κ2) is 7.17. The monoisotopic (exact) mass is 302 g/mol. The smallest absolute Gasteiger partial charge is 0.318 e. The minimum atomic E-state index is -0.856. The van der Waals surface area contributed by atoms with Gasteiger partial charge in [0.2, 0.25) is 0 Å². The third-order valence-corrected chi connectivity index (χ3v) is 5.05. The van der Waals surface area contributed by atoms with Crippen molar-refractivity contribution < 1.29 is 19.4 Å². The number of nitrogens with zero attached hydrogens (tertiary/aromatic N) is 1. The maximum atomic E-state index is 12.4. The first-order valence-electron chi connectivity index (χ1n) is 7.01. The first kappa shape index (κ1) is 15.4. The van der Waals surface area contributed by atoms with E-state index in [1.54, 1.807) is 23.8 Å². The first-order chi connectivity index (χ1) is 9.61. The number of hydrogen-bond donors (Lipinski definition) is 2. The predicted molar refractivity (Wildman–Crippen MR) is 77.0 cm³/mol. The first-order valence-corrected chi connectivity index (χ1v) is 8.16. The molecule has 0 aromatic carbocycles. The summed E-state index contributed by atoms with van der Waals surface area (Å²) in [5.74, 6) is 0.700. The molecule has 114 valence electrons. The summed E-state index contributed by atoms with van der Waals surface area (Å²) >= 11 is 1.70. The summed E-state index contributed by atoms with van der Waals surface area (Å²) < 4.78 is 5.37. The zero-order valence-electron chi connectivity index (χ0n) is 11.7. The van der Waals surface area contributed by atoms with Crippen LogP contribution in [-0.2, 0) is 9.53 Å². The number of urea groups is 1. The molecule has 1 aliphatic carbocycles. The quantitative estimate of drug-likeness (QED) is 0.814. The summed E-state index contributed by atoms with van der Waals surface area (Å²) in [6.07, 6.45) is 3.04. The van der Waals surface area contributed by atoms with E-state index in [0.29, 0.717) is 12.3 Å². The molecule has 0 spiro atoms. The Morgan fingerprint density at radius 3 is 2.95 bits per heavy atom. The molecule has 0 bridgehead atoms. The lowest BCUT2D eigenvalue weighted by Crippen LogP contribution is -2.54. The fourth-order valence-corrected chi connectivity index (χ4v) is 3.97. The molecule has 1 saturated heterocycles. The molecule has 3 unspecified atom stereocenters. The molecule has 1 saturated carbocycles. The van der Waals surface area contributed by atoms with Gasteiger partial charge in [-0.05, 0) is 19.3 Å². The van der Waals surface area contributed by atoms with Gasteiger partial charge >= 0.3 is 12.0 Å². The number of amides is 2. The Kier molecular flexibility index (Phi) is 5.54. The number of carbonyl (C=O) groups is 2. The molecular weight excluding hydrogens is 280 g/mol. The van der Waals surface area contributed by atoms with E-state index in [2.05, 4.69) is 5.32 Å². The fourth-order valence-electron chi connectivity index (χ4n) is 2.91. The second-order valence-corrected chi connectivity index (χ2v) is 6.43. The summed E-state index contributed by atoms with van der Waals surface area (Å²) in [5.41, 5.74) is 0. The van der Waals surface area contributed by atoms with Crippen LogP contribution < -0.4 is 5.32 Å². The number of carboxylic acids is 1. The van der Waals surface area contributed by atoms with Gasteiger partial charge in [-0.2, -0.15) is 11.8 Å². The zero-order valence-corrected chi connectivity index (χ0v) is 12.5. The van der Waals surface area contributed by atoms with Crippen molar-refractivity contribution >= 4 is 23.8 Å². The summed E-state index contributed by atoms with van der Waals surface area (Å²) in [6, 6.07) is -0.313. The van der Waals surface area contributed by atoms with Crippen LogP contribution in [0.15, 0.2) is 0 Å². The Hall–Kier alpha value is -0.950. The number of carboxylic acid groups (broad SMARTS) is 1. The van der Waals surface area contributed by atoms with E-state index in [4.69, 9.17) is 9.84 Å². The highest BCUT2D eigenvalue weighted by Gasteiger charge is 2.33. The fraction of sp³-hybridized carbons (Fsp3) is 0.846. The van der Waals surface area contributed by atoms with Crippen molar-refractivity contribution in [1.29, 1.82) is 0 Å².